The van der Waals surface area contributed by atoms with Gasteiger partial charge in [-0.2, -0.15) is 0 Å². The molecule has 0 bridgehead atoms. The van der Waals surface area contributed by atoms with Crippen LogP contribution in [0.15, 0.2) is 89.5 Å². The van der Waals surface area contributed by atoms with Gasteiger partial charge in [0, 0.05) is 37.6 Å². The summed E-state index contributed by atoms with van der Waals surface area (Å²) in [4.78, 5) is 21.9. The number of carbonyl (C=O) groups is 1. The smallest absolute Gasteiger partial charge is 0.273 e. The molecule has 0 spiro atoms. The van der Waals surface area contributed by atoms with Gasteiger partial charge in [0.15, 0.2) is 0 Å². The molecule has 0 aliphatic carbocycles. The maximum absolute atomic E-state index is 13.8. The highest BCUT2D eigenvalue weighted by Gasteiger charge is 2.33. The zero-order chi connectivity index (χ0) is 23.2. The molecule has 168 valence electrons. The fourth-order valence-electron chi connectivity index (χ4n) is 3.43. The maximum Gasteiger partial charge on any atom is 0.273 e. The fourth-order valence-corrected chi connectivity index (χ4v) is 3.43. The quantitative estimate of drug-likeness (QED) is 0.206. The molecule has 5 nitrogen and oxygen atoms in total. The lowest BCUT2D eigenvalue weighted by molar-refractivity contribution is -0.129. The summed E-state index contributed by atoms with van der Waals surface area (Å²) in [5, 5.41) is 3.41. The van der Waals surface area contributed by atoms with E-state index in [1.165, 1.54) is 0 Å². The van der Waals surface area contributed by atoms with Gasteiger partial charge in [0.1, 0.15) is 5.70 Å². The number of amides is 1. The zero-order valence-electron chi connectivity index (χ0n) is 19.6. The summed E-state index contributed by atoms with van der Waals surface area (Å²) in [6.07, 6.45) is 17.1. The third-order valence-corrected chi connectivity index (χ3v) is 5.12. The van der Waals surface area contributed by atoms with Gasteiger partial charge in [0.05, 0.1) is 5.70 Å². The molecular formula is C26H38N4O. The maximum atomic E-state index is 13.8. The summed E-state index contributed by atoms with van der Waals surface area (Å²) >= 11 is 0. The molecule has 0 aromatic carbocycles. The summed E-state index contributed by atoms with van der Waals surface area (Å²) < 4.78 is 0. The lowest BCUT2D eigenvalue weighted by Crippen LogP contribution is -2.44. The van der Waals surface area contributed by atoms with E-state index in [0.717, 1.165) is 25.1 Å². The second kappa shape index (κ2) is 14.0. The van der Waals surface area contributed by atoms with Crippen molar-refractivity contribution >= 4 is 12.6 Å². The third kappa shape index (κ3) is 7.59. The molecule has 1 N–H and O–H groups in total. The lowest BCUT2D eigenvalue weighted by atomic mass is 10.1. The molecule has 0 aromatic heterocycles. The molecule has 0 radical (unpaired) electrons. The molecule has 1 heterocycles. The van der Waals surface area contributed by atoms with Crippen molar-refractivity contribution in [2.24, 2.45) is 4.99 Å². The molecule has 1 aliphatic rings. The number of nitrogens with one attached hydrogen (secondary N) is 1. The van der Waals surface area contributed by atoms with Crippen LogP contribution in [0.3, 0.4) is 0 Å². The van der Waals surface area contributed by atoms with Gasteiger partial charge in [-0.25, -0.2) is 0 Å². The SMILES string of the molecule is C=CCN(/C=C\C)/C(C(=O)N1CCC[C@H]1CN/C(C)=C/C)=C(\N=C)C(=C)/C=C\C=C/C. The number of carbonyl (C=O) groups excluding carboxylic acids is 1. The summed E-state index contributed by atoms with van der Waals surface area (Å²) in [5.41, 5.74) is 2.69. The number of hydrogen-bond donors (Lipinski definition) is 1. The highest BCUT2D eigenvalue weighted by Crippen LogP contribution is 2.26. The van der Waals surface area contributed by atoms with Gasteiger partial charge < -0.3 is 15.1 Å². The van der Waals surface area contributed by atoms with E-state index >= 15 is 0 Å². The van der Waals surface area contributed by atoms with Crippen LogP contribution in [0.2, 0.25) is 0 Å². The molecule has 1 fully saturated rings. The minimum atomic E-state index is -0.0645. The van der Waals surface area contributed by atoms with Crippen LogP contribution >= 0.6 is 0 Å². The van der Waals surface area contributed by atoms with E-state index in [4.69, 9.17) is 0 Å². The number of likely N-dealkylation sites (tertiary alicyclic amines) is 1. The van der Waals surface area contributed by atoms with Crippen LogP contribution in [0, 0.1) is 0 Å². The normalized spacial score (nSPS) is 18.0. The predicted molar refractivity (Wildman–Crippen MR) is 134 cm³/mol. The van der Waals surface area contributed by atoms with Crippen LogP contribution in [-0.4, -0.2) is 48.1 Å². The predicted octanol–water partition coefficient (Wildman–Crippen LogP) is 5.11. The summed E-state index contributed by atoms with van der Waals surface area (Å²) in [6, 6.07) is 0.117. The highest BCUT2D eigenvalue weighted by atomic mass is 16.2. The molecule has 0 unspecified atom stereocenters. The Balaban J connectivity index is 3.43. The molecule has 0 saturated carbocycles. The van der Waals surface area contributed by atoms with Gasteiger partial charge in [-0.15, -0.1) is 6.58 Å². The minimum absolute atomic E-state index is 0.0645. The Labute approximate surface area is 188 Å². The Morgan fingerprint density at radius 3 is 2.58 bits per heavy atom. The third-order valence-electron chi connectivity index (χ3n) is 5.12. The van der Waals surface area contributed by atoms with E-state index in [2.05, 4.69) is 30.2 Å². The van der Waals surface area contributed by atoms with E-state index in [0.29, 0.717) is 30.1 Å². The minimum Gasteiger partial charge on any atom is -0.387 e. The van der Waals surface area contributed by atoms with Crippen molar-refractivity contribution in [3.05, 3.63) is 84.6 Å². The van der Waals surface area contributed by atoms with Crippen molar-refractivity contribution in [3.8, 4) is 0 Å². The zero-order valence-corrected chi connectivity index (χ0v) is 19.6. The Bertz CT molecular complexity index is 798. The molecule has 5 heteroatoms. The summed E-state index contributed by atoms with van der Waals surface area (Å²) in [6.45, 7) is 21.5. The van der Waals surface area contributed by atoms with Gasteiger partial charge in [-0.3, -0.25) is 9.79 Å². The Hall–Kier alpha value is -3.08. The number of allylic oxidation sites excluding steroid dienone is 7. The first-order chi connectivity index (χ1) is 14.9. The fraction of sp³-hybridized carbons (Fsp3) is 0.385. The standard InChI is InChI=1S/C26H38N4O/c1-8-12-13-15-21(5)24(27-7)25(29(17-9-2)18-10-3)26(31)30-19-14-16-23(30)20-28-22(6)11-4/h8-13,15,18,23,28H,2,5,7,14,16-17,19-20H2,1,3-4,6H3/b12-8-,15-13-,18-10-,22-11+,25-24-/t23-/m0/s1. The molecule has 0 aromatic rings. The van der Waals surface area contributed by atoms with Crippen molar-refractivity contribution in [2.75, 3.05) is 19.6 Å². The number of hydrogen-bond acceptors (Lipinski definition) is 4. The molecular weight excluding hydrogens is 384 g/mol. The van der Waals surface area contributed by atoms with Gasteiger partial charge >= 0.3 is 0 Å². The first-order valence-electron chi connectivity index (χ1n) is 10.8. The van der Waals surface area contributed by atoms with Crippen molar-refractivity contribution in [1.82, 2.24) is 15.1 Å². The average molecular weight is 423 g/mol. The van der Waals surface area contributed by atoms with Crippen LogP contribution in [0.4, 0.5) is 0 Å². The van der Waals surface area contributed by atoms with Crippen LogP contribution < -0.4 is 5.32 Å². The van der Waals surface area contributed by atoms with Crippen LogP contribution in [0.5, 0.6) is 0 Å². The van der Waals surface area contributed by atoms with Gasteiger partial charge in [-0.05, 0) is 52.8 Å². The molecule has 1 aliphatic heterocycles. The Morgan fingerprint density at radius 1 is 1.26 bits per heavy atom. The van der Waals surface area contributed by atoms with E-state index < -0.39 is 0 Å². The molecule has 1 saturated heterocycles. The topological polar surface area (TPSA) is 47.9 Å². The number of rotatable bonds is 12. The lowest BCUT2D eigenvalue weighted by Gasteiger charge is -2.31. The molecule has 31 heavy (non-hydrogen) atoms. The van der Waals surface area contributed by atoms with Crippen molar-refractivity contribution in [3.63, 3.8) is 0 Å². The number of aliphatic imine (C=N–C) groups is 1. The van der Waals surface area contributed by atoms with E-state index in [1.807, 2.05) is 80.2 Å². The first-order valence-corrected chi connectivity index (χ1v) is 10.8. The summed E-state index contributed by atoms with van der Waals surface area (Å²) in [7, 11) is 0. The van der Waals surface area contributed by atoms with Gasteiger partial charge in [-0.1, -0.05) is 49.1 Å². The Kier molecular flexibility index (Phi) is 11.7. The van der Waals surface area contributed by atoms with Crippen molar-refractivity contribution in [1.29, 1.82) is 0 Å². The van der Waals surface area contributed by atoms with Crippen LogP contribution in [0.25, 0.3) is 0 Å². The van der Waals surface area contributed by atoms with Gasteiger partial charge in [0.25, 0.3) is 5.91 Å². The van der Waals surface area contributed by atoms with Crippen molar-refractivity contribution < 1.29 is 4.79 Å². The largest absolute Gasteiger partial charge is 0.387 e. The number of nitrogens with zero attached hydrogens (tertiary/aromatic N) is 3. The van der Waals surface area contributed by atoms with Crippen LogP contribution in [-0.2, 0) is 4.79 Å². The molecule has 1 atom stereocenters. The van der Waals surface area contributed by atoms with E-state index in [1.54, 1.807) is 6.08 Å². The van der Waals surface area contributed by atoms with Crippen molar-refractivity contribution in [2.45, 2.75) is 46.6 Å². The summed E-state index contributed by atoms with van der Waals surface area (Å²) in [5.74, 6) is -0.0645. The monoisotopic (exact) mass is 422 g/mol. The molecule has 1 rings (SSSR count). The average Bonchev–Trinajstić information content (AvgIpc) is 3.24. The second-order valence-electron chi connectivity index (χ2n) is 7.34. The van der Waals surface area contributed by atoms with E-state index in [9.17, 15) is 4.79 Å². The van der Waals surface area contributed by atoms with Crippen LogP contribution in [0.1, 0.15) is 40.5 Å². The molecule has 1 amide bonds. The highest BCUT2D eigenvalue weighted by molar-refractivity contribution is 5.95. The first kappa shape index (κ1) is 26.0. The van der Waals surface area contributed by atoms with Gasteiger partial charge in [0.2, 0.25) is 0 Å². The Morgan fingerprint density at radius 2 is 2.00 bits per heavy atom. The second-order valence-corrected chi connectivity index (χ2v) is 7.34. The van der Waals surface area contributed by atoms with E-state index in [-0.39, 0.29) is 11.9 Å².